The van der Waals surface area contributed by atoms with Gasteiger partial charge in [0, 0.05) is 22.1 Å². The second-order valence-corrected chi connectivity index (χ2v) is 13.1. The zero-order chi connectivity index (χ0) is 29.0. The van der Waals surface area contributed by atoms with Gasteiger partial charge in [0.25, 0.3) is 10.0 Å². The summed E-state index contributed by atoms with van der Waals surface area (Å²) in [7, 11) is -4.16. The van der Waals surface area contributed by atoms with Gasteiger partial charge < -0.3 is 10.2 Å². The average Bonchev–Trinajstić information content (AvgIpc) is 2.85. The third kappa shape index (κ3) is 8.21. The summed E-state index contributed by atoms with van der Waals surface area (Å²) in [5.74, 6) is -0.912. The molecule has 0 saturated heterocycles. The standard InChI is InChI=1S/C29H33Cl2N3O4S/c1-20-9-13-25(14-10-20)34(39(37,38)26-15-11-23(30)12-16-26)19-27(35)33(18-22-7-6-8-24(31)17-22)21(2)28(36)32-29(3,4)5/h6-17,21H,18-19H2,1-5H3,(H,32,36)/t21-/m0/s1. The van der Waals surface area contributed by atoms with Gasteiger partial charge in [0.2, 0.25) is 11.8 Å². The van der Waals surface area contributed by atoms with Crippen LogP contribution in [-0.2, 0) is 26.2 Å². The van der Waals surface area contributed by atoms with E-state index < -0.39 is 34.1 Å². The Bertz CT molecular complexity index is 1420. The van der Waals surface area contributed by atoms with E-state index in [-0.39, 0.29) is 17.3 Å². The third-order valence-electron chi connectivity index (χ3n) is 5.91. The van der Waals surface area contributed by atoms with E-state index in [9.17, 15) is 18.0 Å². The molecule has 0 radical (unpaired) electrons. The van der Waals surface area contributed by atoms with E-state index in [1.807, 2.05) is 27.7 Å². The van der Waals surface area contributed by atoms with Crippen LogP contribution in [0, 0.1) is 6.92 Å². The van der Waals surface area contributed by atoms with Gasteiger partial charge in [-0.2, -0.15) is 0 Å². The monoisotopic (exact) mass is 589 g/mol. The maximum atomic E-state index is 13.9. The van der Waals surface area contributed by atoms with E-state index in [0.29, 0.717) is 21.3 Å². The third-order valence-corrected chi connectivity index (χ3v) is 8.19. The molecule has 0 bridgehead atoms. The quantitative estimate of drug-likeness (QED) is 0.340. The fourth-order valence-corrected chi connectivity index (χ4v) is 5.62. The maximum Gasteiger partial charge on any atom is 0.264 e. The van der Waals surface area contributed by atoms with Gasteiger partial charge in [0.05, 0.1) is 10.6 Å². The van der Waals surface area contributed by atoms with Crippen LogP contribution in [0.4, 0.5) is 5.69 Å². The Morgan fingerprint density at radius 3 is 2.10 bits per heavy atom. The van der Waals surface area contributed by atoms with E-state index in [2.05, 4.69) is 5.32 Å². The van der Waals surface area contributed by atoms with Crippen LogP contribution in [0.15, 0.2) is 77.7 Å². The van der Waals surface area contributed by atoms with Gasteiger partial charge in [-0.1, -0.05) is 53.0 Å². The van der Waals surface area contributed by atoms with E-state index in [1.54, 1.807) is 55.5 Å². The number of amides is 2. The van der Waals surface area contributed by atoms with Crippen molar-refractivity contribution in [2.45, 2.75) is 57.6 Å². The van der Waals surface area contributed by atoms with E-state index in [4.69, 9.17) is 23.2 Å². The Hall–Kier alpha value is -3.07. The van der Waals surface area contributed by atoms with Gasteiger partial charge in [-0.25, -0.2) is 8.42 Å². The summed E-state index contributed by atoms with van der Waals surface area (Å²) in [6, 6.07) is 18.7. The predicted molar refractivity (Wildman–Crippen MR) is 157 cm³/mol. The molecule has 0 aliphatic rings. The number of nitrogens with one attached hydrogen (secondary N) is 1. The zero-order valence-electron chi connectivity index (χ0n) is 22.6. The van der Waals surface area contributed by atoms with Crippen molar-refractivity contribution in [3.63, 3.8) is 0 Å². The van der Waals surface area contributed by atoms with Crippen molar-refractivity contribution >= 4 is 50.7 Å². The van der Waals surface area contributed by atoms with Crippen molar-refractivity contribution in [1.82, 2.24) is 10.2 Å². The summed E-state index contributed by atoms with van der Waals surface area (Å²) in [5.41, 5.74) is 1.43. The molecule has 2 amide bonds. The van der Waals surface area contributed by atoms with Crippen LogP contribution in [-0.4, -0.2) is 43.3 Å². The summed E-state index contributed by atoms with van der Waals surface area (Å²) in [5, 5.41) is 3.77. The molecule has 10 heteroatoms. The van der Waals surface area contributed by atoms with Crippen LogP contribution >= 0.6 is 23.2 Å². The topological polar surface area (TPSA) is 86.8 Å². The molecule has 0 unspecified atom stereocenters. The number of halogens is 2. The maximum absolute atomic E-state index is 13.9. The molecule has 0 aromatic heterocycles. The highest BCUT2D eigenvalue weighted by molar-refractivity contribution is 7.92. The van der Waals surface area contributed by atoms with Crippen LogP contribution < -0.4 is 9.62 Å². The van der Waals surface area contributed by atoms with Gasteiger partial charge in [-0.15, -0.1) is 0 Å². The summed E-state index contributed by atoms with van der Waals surface area (Å²) in [6.45, 7) is 8.57. The second-order valence-electron chi connectivity index (χ2n) is 10.4. The molecule has 0 heterocycles. The highest BCUT2D eigenvalue weighted by Crippen LogP contribution is 2.26. The lowest BCUT2D eigenvalue weighted by Gasteiger charge is -2.33. The summed E-state index contributed by atoms with van der Waals surface area (Å²) < 4.78 is 28.6. The van der Waals surface area contributed by atoms with E-state index in [0.717, 1.165) is 9.87 Å². The van der Waals surface area contributed by atoms with E-state index in [1.165, 1.54) is 29.2 Å². The highest BCUT2D eigenvalue weighted by Gasteiger charge is 2.33. The molecule has 0 aliphatic heterocycles. The SMILES string of the molecule is Cc1ccc(N(CC(=O)N(Cc2cccc(Cl)c2)[C@@H](C)C(=O)NC(C)(C)C)S(=O)(=O)c2ccc(Cl)cc2)cc1. The number of hydrogen-bond acceptors (Lipinski definition) is 4. The number of carbonyl (C=O) groups is 2. The first-order valence-electron chi connectivity index (χ1n) is 12.4. The molecule has 1 N–H and O–H groups in total. The van der Waals surface area contributed by atoms with Crippen LogP contribution in [0.1, 0.15) is 38.8 Å². The van der Waals surface area contributed by atoms with Crippen LogP contribution in [0.3, 0.4) is 0 Å². The number of carbonyl (C=O) groups excluding carboxylic acids is 2. The molecule has 208 valence electrons. The number of anilines is 1. The Morgan fingerprint density at radius 2 is 1.54 bits per heavy atom. The normalized spacial score (nSPS) is 12.5. The molecule has 0 aliphatic carbocycles. The first-order chi connectivity index (χ1) is 18.2. The molecule has 39 heavy (non-hydrogen) atoms. The van der Waals surface area contributed by atoms with Gasteiger partial charge >= 0.3 is 0 Å². The lowest BCUT2D eigenvalue weighted by molar-refractivity contribution is -0.140. The van der Waals surface area contributed by atoms with Crippen molar-refractivity contribution in [2.24, 2.45) is 0 Å². The highest BCUT2D eigenvalue weighted by atomic mass is 35.5. The molecule has 7 nitrogen and oxygen atoms in total. The Labute approximate surface area is 240 Å². The van der Waals surface area contributed by atoms with E-state index >= 15 is 0 Å². The summed E-state index contributed by atoms with van der Waals surface area (Å²) >= 11 is 12.2. The summed E-state index contributed by atoms with van der Waals surface area (Å²) in [4.78, 5) is 28.4. The molecule has 0 saturated carbocycles. The fourth-order valence-electron chi connectivity index (χ4n) is 3.86. The minimum absolute atomic E-state index is 0.0137. The van der Waals surface area contributed by atoms with Crippen LogP contribution in [0.25, 0.3) is 0 Å². The molecule has 3 aromatic carbocycles. The fraction of sp³-hybridized carbons (Fsp3) is 0.310. The van der Waals surface area contributed by atoms with Gasteiger partial charge in [0.1, 0.15) is 12.6 Å². The number of benzene rings is 3. The molecule has 0 spiro atoms. The molecule has 3 aromatic rings. The lowest BCUT2D eigenvalue weighted by atomic mass is 10.1. The van der Waals surface area contributed by atoms with Gasteiger partial charge in [0.15, 0.2) is 0 Å². The second kappa shape index (κ2) is 12.4. The number of rotatable bonds is 9. The van der Waals surface area contributed by atoms with Crippen molar-refractivity contribution in [1.29, 1.82) is 0 Å². The zero-order valence-corrected chi connectivity index (χ0v) is 24.9. The number of aryl methyl sites for hydroxylation is 1. The largest absolute Gasteiger partial charge is 0.350 e. The minimum Gasteiger partial charge on any atom is -0.350 e. The summed E-state index contributed by atoms with van der Waals surface area (Å²) in [6.07, 6.45) is 0. The van der Waals surface area contributed by atoms with Crippen molar-refractivity contribution in [3.8, 4) is 0 Å². The predicted octanol–water partition coefficient (Wildman–Crippen LogP) is 5.83. The van der Waals surface area contributed by atoms with Crippen molar-refractivity contribution < 1.29 is 18.0 Å². The number of nitrogens with zero attached hydrogens (tertiary/aromatic N) is 2. The minimum atomic E-state index is -4.16. The molecular weight excluding hydrogens is 557 g/mol. The van der Waals surface area contributed by atoms with Crippen molar-refractivity contribution in [3.05, 3.63) is 94.0 Å². The van der Waals surface area contributed by atoms with Crippen LogP contribution in [0.2, 0.25) is 10.0 Å². The first kappa shape index (κ1) is 30.5. The van der Waals surface area contributed by atoms with Gasteiger partial charge in [-0.05, 0) is 88.7 Å². The number of sulfonamides is 1. The van der Waals surface area contributed by atoms with Crippen LogP contribution in [0.5, 0.6) is 0 Å². The average molecular weight is 591 g/mol. The molecule has 3 rings (SSSR count). The van der Waals surface area contributed by atoms with Gasteiger partial charge in [-0.3, -0.25) is 13.9 Å². The molecular formula is C29H33Cl2N3O4S. The van der Waals surface area contributed by atoms with Crippen molar-refractivity contribution in [2.75, 3.05) is 10.8 Å². The number of hydrogen-bond donors (Lipinski definition) is 1. The Morgan fingerprint density at radius 1 is 0.923 bits per heavy atom. The molecule has 1 atom stereocenters. The lowest BCUT2D eigenvalue weighted by Crippen LogP contribution is -2.54. The smallest absolute Gasteiger partial charge is 0.264 e. The Balaban J connectivity index is 2.03. The first-order valence-corrected chi connectivity index (χ1v) is 14.6. The molecule has 0 fully saturated rings. The Kier molecular flexibility index (Phi) is 9.69.